The van der Waals surface area contributed by atoms with Crippen molar-refractivity contribution >= 4 is 11.9 Å². The number of carbonyl (C=O) groups is 2. The molecule has 0 amide bonds. The largest absolute Gasteiger partial charge is 0.481 e. The number of carboxylic acid groups (broad SMARTS) is 2. The van der Waals surface area contributed by atoms with E-state index in [4.69, 9.17) is 15.3 Å². The standard InChI is InChI=1S/C6H11NO5/c8-2-1-7-4(6(11)12)3-5(9)10/h4,7-8H,1-3H2,(H,9,10)(H,11,12)/t4-/m0/s1. The second-order valence-corrected chi connectivity index (χ2v) is 2.17. The zero-order valence-corrected chi connectivity index (χ0v) is 6.36. The Balaban J connectivity index is 3.87. The van der Waals surface area contributed by atoms with E-state index in [1.165, 1.54) is 0 Å². The maximum Gasteiger partial charge on any atom is 0.321 e. The van der Waals surface area contributed by atoms with Gasteiger partial charge in [0, 0.05) is 6.54 Å². The molecule has 4 N–H and O–H groups in total. The van der Waals surface area contributed by atoms with Gasteiger partial charge in [-0.25, -0.2) is 0 Å². The van der Waals surface area contributed by atoms with E-state index in [0.29, 0.717) is 0 Å². The average Bonchev–Trinajstić information content (AvgIpc) is 1.96. The summed E-state index contributed by atoms with van der Waals surface area (Å²) in [6.45, 7) is -0.145. The minimum absolute atomic E-state index is 0.0737. The second-order valence-electron chi connectivity index (χ2n) is 2.17. The molecule has 6 nitrogen and oxygen atoms in total. The lowest BCUT2D eigenvalue weighted by atomic mass is 10.2. The molecule has 0 aliphatic heterocycles. The van der Waals surface area contributed by atoms with Crippen LogP contribution < -0.4 is 5.32 Å². The lowest BCUT2D eigenvalue weighted by Gasteiger charge is -2.10. The molecular formula is C6H11NO5. The third-order valence-corrected chi connectivity index (χ3v) is 1.18. The van der Waals surface area contributed by atoms with Gasteiger partial charge in [-0.3, -0.25) is 9.59 Å². The first-order valence-corrected chi connectivity index (χ1v) is 3.36. The van der Waals surface area contributed by atoms with Gasteiger partial charge in [0.2, 0.25) is 0 Å². The highest BCUT2D eigenvalue weighted by atomic mass is 16.4. The predicted octanol–water partition coefficient (Wildman–Crippen LogP) is -1.50. The SMILES string of the molecule is O=C(O)C[C@H](NCCO)C(=O)O. The summed E-state index contributed by atoms with van der Waals surface area (Å²) in [7, 11) is 0. The molecule has 0 saturated heterocycles. The Morgan fingerprint density at radius 3 is 2.25 bits per heavy atom. The van der Waals surface area contributed by atoms with Gasteiger partial charge in [0.05, 0.1) is 13.0 Å². The summed E-state index contributed by atoms with van der Waals surface area (Å²) in [6, 6.07) is -1.13. The minimum atomic E-state index is -1.23. The lowest BCUT2D eigenvalue weighted by molar-refractivity contribution is -0.146. The van der Waals surface area contributed by atoms with Gasteiger partial charge in [0.15, 0.2) is 0 Å². The molecule has 0 radical (unpaired) electrons. The van der Waals surface area contributed by atoms with Crippen molar-refractivity contribution in [2.45, 2.75) is 12.5 Å². The molecule has 70 valence electrons. The van der Waals surface area contributed by atoms with Crippen molar-refractivity contribution in [3.8, 4) is 0 Å². The summed E-state index contributed by atoms with van der Waals surface area (Å²) >= 11 is 0. The smallest absolute Gasteiger partial charge is 0.321 e. The van der Waals surface area contributed by atoms with Gasteiger partial charge in [-0.05, 0) is 0 Å². The number of carboxylic acids is 2. The van der Waals surface area contributed by atoms with Gasteiger partial charge >= 0.3 is 11.9 Å². The van der Waals surface area contributed by atoms with E-state index in [2.05, 4.69) is 5.32 Å². The number of hydrogen-bond donors (Lipinski definition) is 4. The first kappa shape index (κ1) is 10.9. The van der Waals surface area contributed by atoms with E-state index in [1.54, 1.807) is 0 Å². The van der Waals surface area contributed by atoms with Crippen molar-refractivity contribution in [3.63, 3.8) is 0 Å². The summed E-state index contributed by atoms with van der Waals surface area (Å²) in [4.78, 5) is 20.4. The van der Waals surface area contributed by atoms with Crippen LogP contribution in [0.4, 0.5) is 0 Å². The molecule has 6 heteroatoms. The maximum absolute atomic E-state index is 10.3. The average molecular weight is 177 g/mol. The van der Waals surface area contributed by atoms with Crippen molar-refractivity contribution in [3.05, 3.63) is 0 Å². The first-order valence-electron chi connectivity index (χ1n) is 3.36. The van der Waals surface area contributed by atoms with Crippen molar-refractivity contribution in [1.82, 2.24) is 5.32 Å². The number of hydrogen-bond acceptors (Lipinski definition) is 4. The molecule has 0 rings (SSSR count). The molecule has 0 bridgehead atoms. The summed E-state index contributed by atoms with van der Waals surface area (Å²) in [5.41, 5.74) is 0. The Labute approximate surface area is 68.8 Å². The Morgan fingerprint density at radius 1 is 1.33 bits per heavy atom. The van der Waals surface area contributed by atoms with Crippen LogP contribution in [0, 0.1) is 0 Å². The molecular weight excluding hydrogens is 166 g/mol. The molecule has 1 atom stereocenters. The van der Waals surface area contributed by atoms with Crippen LogP contribution in [0.5, 0.6) is 0 Å². The van der Waals surface area contributed by atoms with E-state index in [0.717, 1.165) is 0 Å². The van der Waals surface area contributed by atoms with Crippen LogP contribution in [0.3, 0.4) is 0 Å². The zero-order valence-electron chi connectivity index (χ0n) is 6.36. The summed E-state index contributed by atoms with van der Waals surface area (Å²) in [5, 5.41) is 27.4. The highest BCUT2D eigenvalue weighted by molar-refractivity contribution is 5.80. The van der Waals surface area contributed by atoms with E-state index in [1.807, 2.05) is 0 Å². The molecule has 0 aromatic heterocycles. The first-order chi connectivity index (χ1) is 5.57. The molecule has 0 spiro atoms. The second kappa shape index (κ2) is 5.50. The fourth-order valence-electron chi connectivity index (χ4n) is 0.660. The molecule has 0 fully saturated rings. The van der Waals surface area contributed by atoms with Gasteiger partial charge in [0.25, 0.3) is 0 Å². The number of aliphatic hydroxyl groups is 1. The summed E-state index contributed by atoms with van der Waals surface area (Å²) in [6.07, 6.45) is -0.491. The molecule has 0 aromatic carbocycles. The highest BCUT2D eigenvalue weighted by Gasteiger charge is 2.19. The highest BCUT2D eigenvalue weighted by Crippen LogP contribution is 1.91. The number of rotatable bonds is 6. The maximum atomic E-state index is 10.3. The van der Waals surface area contributed by atoms with Crippen LogP contribution in [-0.4, -0.2) is 46.5 Å². The number of nitrogens with one attached hydrogen (secondary N) is 1. The van der Waals surface area contributed by atoms with Crippen molar-refractivity contribution < 1.29 is 24.9 Å². The van der Waals surface area contributed by atoms with Crippen LogP contribution >= 0.6 is 0 Å². The van der Waals surface area contributed by atoms with E-state index in [9.17, 15) is 9.59 Å². The number of aliphatic hydroxyl groups excluding tert-OH is 1. The molecule has 0 saturated carbocycles. The normalized spacial score (nSPS) is 12.4. The molecule has 0 aromatic rings. The Kier molecular flexibility index (Phi) is 4.98. The zero-order chi connectivity index (χ0) is 9.56. The monoisotopic (exact) mass is 177 g/mol. The summed E-state index contributed by atoms with van der Waals surface area (Å²) < 4.78 is 0. The van der Waals surface area contributed by atoms with Crippen LogP contribution in [-0.2, 0) is 9.59 Å². The Hall–Kier alpha value is -1.14. The van der Waals surface area contributed by atoms with E-state index in [-0.39, 0.29) is 13.2 Å². The minimum Gasteiger partial charge on any atom is -0.481 e. The van der Waals surface area contributed by atoms with E-state index >= 15 is 0 Å². The lowest BCUT2D eigenvalue weighted by Crippen LogP contribution is -2.39. The van der Waals surface area contributed by atoms with Crippen molar-refractivity contribution in [2.75, 3.05) is 13.2 Å². The van der Waals surface area contributed by atoms with Gasteiger partial charge in [-0.15, -0.1) is 0 Å². The molecule has 0 unspecified atom stereocenters. The van der Waals surface area contributed by atoms with Crippen LogP contribution in [0.2, 0.25) is 0 Å². The predicted molar refractivity (Wildman–Crippen MR) is 38.8 cm³/mol. The molecule has 0 heterocycles. The molecule has 12 heavy (non-hydrogen) atoms. The van der Waals surface area contributed by atoms with Gasteiger partial charge in [-0.2, -0.15) is 0 Å². The quantitative estimate of drug-likeness (QED) is 0.393. The fraction of sp³-hybridized carbons (Fsp3) is 0.667. The molecule has 0 aliphatic carbocycles. The van der Waals surface area contributed by atoms with Crippen molar-refractivity contribution in [1.29, 1.82) is 0 Å². The van der Waals surface area contributed by atoms with Crippen LogP contribution in [0.25, 0.3) is 0 Å². The van der Waals surface area contributed by atoms with Gasteiger partial charge in [0.1, 0.15) is 6.04 Å². The third kappa shape index (κ3) is 4.64. The third-order valence-electron chi connectivity index (χ3n) is 1.18. The number of aliphatic carboxylic acids is 2. The summed E-state index contributed by atoms with van der Waals surface area (Å²) in [5.74, 6) is -2.42. The topological polar surface area (TPSA) is 107 Å². The van der Waals surface area contributed by atoms with Gasteiger partial charge in [-0.1, -0.05) is 0 Å². The fourth-order valence-corrected chi connectivity index (χ4v) is 0.660. The van der Waals surface area contributed by atoms with E-state index < -0.39 is 24.4 Å². The van der Waals surface area contributed by atoms with Gasteiger partial charge < -0.3 is 20.6 Å². The Morgan fingerprint density at radius 2 is 1.92 bits per heavy atom. The van der Waals surface area contributed by atoms with Crippen molar-refractivity contribution in [2.24, 2.45) is 0 Å². The van der Waals surface area contributed by atoms with Crippen LogP contribution in [0.1, 0.15) is 6.42 Å². The molecule has 0 aliphatic rings. The Bertz CT molecular complexity index is 169. The van der Waals surface area contributed by atoms with Crippen LogP contribution in [0.15, 0.2) is 0 Å².